The second kappa shape index (κ2) is 5.72. The molecule has 2 aliphatic rings. The van der Waals surface area contributed by atoms with Crippen molar-refractivity contribution in [3.63, 3.8) is 0 Å². The summed E-state index contributed by atoms with van der Waals surface area (Å²) in [7, 11) is 2.94. The Balaban J connectivity index is 1.83. The molecule has 0 bridgehead atoms. The highest BCUT2D eigenvalue weighted by atomic mass is 16.2. The monoisotopic (exact) mass is 448 g/mol. The van der Waals surface area contributed by atoms with Crippen molar-refractivity contribution in [2.45, 2.75) is 13.8 Å². The Labute approximate surface area is 192 Å². The van der Waals surface area contributed by atoms with Gasteiger partial charge < -0.3 is 0 Å². The number of rotatable bonds is 0. The number of carbonyl (C=O) groups excluding carboxylic acids is 4. The molecule has 0 spiro atoms. The smallest absolute Gasteiger partial charge is 0.262 e. The fourth-order valence-electron chi connectivity index (χ4n) is 5.74. The van der Waals surface area contributed by atoms with Crippen LogP contribution < -0.4 is 0 Å². The number of fused-ring (bicyclic) bond motifs is 2. The van der Waals surface area contributed by atoms with Gasteiger partial charge in [0.25, 0.3) is 23.6 Å². The van der Waals surface area contributed by atoms with Crippen molar-refractivity contribution < 1.29 is 19.2 Å². The molecule has 8 nitrogen and oxygen atoms in total. The van der Waals surface area contributed by atoms with Gasteiger partial charge in [-0.2, -0.15) is 0 Å². The number of benzene rings is 3. The molecule has 3 aromatic carbocycles. The molecule has 8 heteroatoms. The van der Waals surface area contributed by atoms with Gasteiger partial charge in [0, 0.05) is 69.9 Å². The Bertz CT molecular complexity index is 1750. The summed E-state index contributed by atoms with van der Waals surface area (Å²) < 4.78 is 0. The van der Waals surface area contributed by atoms with Crippen LogP contribution in [0.15, 0.2) is 24.5 Å². The van der Waals surface area contributed by atoms with E-state index in [4.69, 9.17) is 9.97 Å². The number of hydrogen-bond donors (Lipinski definition) is 0. The predicted octanol–water partition coefficient (Wildman–Crippen LogP) is 3.60. The molecule has 5 aromatic rings. The Morgan fingerprint density at radius 2 is 0.882 bits per heavy atom. The third kappa shape index (κ3) is 1.88. The van der Waals surface area contributed by atoms with E-state index in [-0.39, 0.29) is 11.8 Å². The summed E-state index contributed by atoms with van der Waals surface area (Å²) in [6.45, 7) is 3.79. The molecule has 0 unspecified atom stereocenters. The Morgan fingerprint density at radius 1 is 0.529 bits per heavy atom. The van der Waals surface area contributed by atoms with Crippen LogP contribution in [0.5, 0.6) is 0 Å². The molecule has 4 amide bonds. The largest absolute Gasteiger partial charge is 0.277 e. The van der Waals surface area contributed by atoms with Crippen molar-refractivity contribution in [3.8, 4) is 0 Å². The van der Waals surface area contributed by atoms with E-state index in [0.29, 0.717) is 54.8 Å². The van der Waals surface area contributed by atoms with Gasteiger partial charge in [-0.1, -0.05) is 0 Å². The molecule has 2 aromatic heterocycles. The van der Waals surface area contributed by atoms with E-state index in [1.165, 1.54) is 26.5 Å². The van der Waals surface area contributed by atoms with E-state index in [9.17, 15) is 19.2 Å². The van der Waals surface area contributed by atoms with Gasteiger partial charge in [0.2, 0.25) is 0 Å². The van der Waals surface area contributed by atoms with Crippen LogP contribution >= 0.6 is 0 Å². The van der Waals surface area contributed by atoms with Gasteiger partial charge in [0.15, 0.2) is 0 Å². The molecule has 0 N–H and O–H groups in total. The third-order valence-electron chi connectivity index (χ3n) is 7.32. The van der Waals surface area contributed by atoms with E-state index in [2.05, 4.69) is 0 Å². The molecule has 0 atom stereocenters. The number of aryl methyl sites for hydroxylation is 2. The number of carbonyl (C=O) groups is 4. The van der Waals surface area contributed by atoms with Crippen LogP contribution in [0.25, 0.3) is 43.4 Å². The van der Waals surface area contributed by atoms with Crippen LogP contribution in [-0.4, -0.2) is 57.5 Å². The summed E-state index contributed by atoms with van der Waals surface area (Å²) in [6.07, 6.45) is 3.03. The van der Waals surface area contributed by atoms with Gasteiger partial charge in [0.1, 0.15) is 0 Å². The molecule has 0 radical (unpaired) electrons. The summed E-state index contributed by atoms with van der Waals surface area (Å²) in [4.78, 5) is 63.6. The summed E-state index contributed by atoms with van der Waals surface area (Å²) in [5.74, 6) is -1.51. The van der Waals surface area contributed by atoms with Crippen LogP contribution in [0.3, 0.4) is 0 Å². The molecule has 0 saturated carbocycles. The van der Waals surface area contributed by atoms with Gasteiger partial charge >= 0.3 is 0 Å². The van der Waals surface area contributed by atoms with Crippen molar-refractivity contribution in [1.29, 1.82) is 0 Å². The molecule has 164 valence electrons. The first-order chi connectivity index (χ1) is 16.2. The highest BCUT2D eigenvalue weighted by molar-refractivity contribution is 6.40. The van der Waals surface area contributed by atoms with E-state index < -0.39 is 11.8 Å². The predicted molar refractivity (Wildman–Crippen MR) is 126 cm³/mol. The Kier molecular flexibility index (Phi) is 3.20. The van der Waals surface area contributed by atoms with Crippen LogP contribution in [0.1, 0.15) is 52.6 Å². The van der Waals surface area contributed by atoms with Crippen molar-refractivity contribution >= 4 is 67.0 Å². The van der Waals surface area contributed by atoms with E-state index >= 15 is 0 Å². The first-order valence-corrected chi connectivity index (χ1v) is 10.8. The minimum atomic E-state index is -0.397. The molecule has 4 heterocycles. The molecule has 0 aliphatic carbocycles. The zero-order valence-electron chi connectivity index (χ0n) is 18.7. The summed E-state index contributed by atoms with van der Waals surface area (Å²) in [6, 6.07) is 3.57. The minimum Gasteiger partial charge on any atom is -0.277 e. The van der Waals surface area contributed by atoms with E-state index in [1.54, 1.807) is 12.1 Å². The highest BCUT2D eigenvalue weighted by Crippen LogP contribution is 2.46. The zero-order valence-corrected chi connectivity index (χ0v) is 18.7. The van der Waals surface area contributed by atoms with Gasteiger partial charge in [0.05, 0.1) is 22.2 Å². The average molecular weight is 448 g/mol. The van der Waals surface area contributed by atoms with Crippen LogP contribution in [-0.2, 0) is 0 Å². The third-order valence-corrected chi connectivity index (χ3v) is 7.32. The Morgan fingerprint density at radius 3 is 1.26 bits per heavy atom. The van der Waals surface area contributed by atoms with Gasteiger partial charge in [-0.05, 0) is 37.1 Å². The molecular formula is C26H16N4O4. The van der Waals surface area contributed by atoms with Crippen molar-refractivity contribution in [3.05, 3.63) is 57.9 Å². The van der Waals surface area contributed by atoms with Gasteiger partial charge in [-0.15, -0.1) is 0 Å². The normalized spacial score (nSPS) is 15.8. The maximum Gasteiger partial charge on any atom is 0.262 e. The molecular weight excluding hydrogens is 432 g/mol. The number of hydrogen-bond acceptors (Lipinski definition) is 6. The summed E-state index contributed by atoms with van der Waals surface area (Å²) >= 11 is 0. The molecule has 7 rings (SSSR count). The lowest BCUT2D eigenvalue weighted by Gasteiger charge is -2.28. The zero-order chi connectivity index (χ0) is 23.8. The van der Waals surface area contributed by atoms with Crippen LogP contribution in [0, 0.1) is 13.8 Å². The SMILES string of the molecule is Cc1cc2c3c(cnc4c5c(C)cc6c7c(cnc(c1c34)c75)C(=O)N(C)C6=O)C(=O)N(C)C2=O. The second-order valence-electron chi connectivity index (χ2n) is 9.11. The lowest BCUT2D eigenvalue weighted by Crippen LogP contribution is -2.37. The maximum absolute atomic E-state index is 13.0. The van der Waals surface area contributed by atoms with E-state index in [0.717, 1.165) is 31.7 Å². The number of nitrogens with zero attached hydrogens (tertiary/aromatic N) is 4. The van der Waals surface area contributed by atoms with Crippen molar-refractivity contribution in [2.24, 2.45) is 0 Å². The lowest BCUT2D eigenvalue weighted by atomic mass is 9.83. The summed E-state index contributed by atoms with van der Waals surface area (Å²) in [5, 5.41) is 4.10. The topological polar surface area (TPSA) is 101 Å². The first kappa shape index (κ1) is 19.0. The number of imide groups is 2. The summed E-state index contributed by atoms with van der Waals surface area (Å²) in [5.41, 5.74) is 4.51. The second-order valence-corrected chi connectivity index (χ2v) is 9.11. The van der Waals surface area contributed by atoms with Gasteiger partial charge in [-0.25, -0.2) is 0 Å². The maximum atomic E-state index is 13.0. The van der Waals surface area contributed by atoms with Crippen molar-refractivity contribution in [2.75, 3.05) is 14.1 Å². The minimum absolute atomic E-state index is 0.357. The molecule has 2 aliphatic heterocycles. The Hall–Kier alpha value is -4.46. The lowest BCUT2D eigenvalue weighted by molar-refractivity contribution is 0.0635. The number of pyridine rings is 2. The molecule has 0 fully saturated rings. The van der Waals surface area contributed by atoms with Crippen molar-refractivity contribution in [1.82, 2.24) is 19.8 Å². The van der Waals surface area contributed by atoms with E-state index in [1.807, 2.05) is 13.8 Å². The fourth-order valence-corrected chi connectivity index (χ4v) is 5.74. The number of amides is 4. The average Bonchev–Trinajstić information content (AvgIpc) is 2.83. The quantitative estimate of drug-likeness (QED) is 0.204. The number of aromatic nitrogens is 2. The molecule has 34 heavy (non-hydrogen) atoms. The standard InChI is InChI=1S/C26H16N4O4/c1-9-5-11-17-13(25(33)29(3)23(11)31)8-28-22-16-10(2)6-12-18-14(26(34)30(4)24(12)32)7-27-21(20(16)18)15(9)19(17)22/h5-8H,1-4H3. The molecule has 0 saturated heterocycles. The van der Waals surface area contributed by atoms with Crippen LogP contribution in [0.2, 0.25) is 0 Å². The highest BCUT2D eigenvalue weighted by Gasteiger charge is 2.36. The first-order valence-electron chi connectivity index (χ1n) is 10.8. The van der Waals surface area contributed by atoms with Gasteiger partial charge in [-0.3, -0.25) is 38.9 Å². The van der Waals surface area contributed by atoms with Crippen LogP contribution in [0.4, 0.5) is 0 Å². The fraction of sp³-hybridized carbons (Fsp3) is 0.154.